The summed E-state index contributed by atoms with van der Waals surface area (Å²) in [5.74, 6) is 0.569. The van der Waals surface area contributed by atoms with Crippen molar-refractivity contribution in [2.75, 3.05) is 7.05 Å². The van der Waals surface area contributed by atoms with Gasteiger partial charge in [-0.2, -0.15) is 0 Å². The van der Waals surface area contributed by atoms with Crippen LogP contribution in [0.3, 0.4) is 0 Å². The maximum absolute atomic E-state index is 11.5. The van der Waals surface area contributed by atoms with E-state index in [1.54, 1.807) is 7.05 Å². The van der Waals surface area contributed by atoms with Gasteiger partial charge in [-0.15, -0.1) is 0 Å². The van der Waals surface area contributed by atoms with Crippen molar-refractivity contribution in [2.24, 2.45) is 0 Å². The third kappa shape index (κ3) is 2.51. The largest absolute Gasteiger partial charge is 0.359 e. The van der Waals surface area contributed by atoms with Crippen molar-refractivity contribution in [2.45, 2.75) is 45.4 Å². The van der Waals surface area contributed by atoms with Crippen molar-refractivity contribution in [3.05, 3.63) is 34.4 Å². The number of hydrogen-bond donors (Lipinski definition) is 1. The Bertz CT molecular complexity index is 437. The first-order valence-corrected chi connectivity index (χ1v) is 6.42. The van der Waals surface area contributed by atoms with Crippen LogP contribution in [0.4, 0.5) is 0 Å². The molecule has 0 aliphatic heterocycles. The number of aryl methyl sites for hydroxylation is 2. The summed E-state index contributed by atoms with van der Waals surface area (Å²) in [7, 11) is 1.72. The van der Waals surface area contributed by atoms with Crippen LogP contribution in [0.2, 0.25) is 0 Å². The molecule has 0 radical (unpaired) electrons. The minimum Gasteiger partial charge on any atom is -0.359 e. The molecule has 1 unspecified atom stereocenters. The van der Waals surface area contributed by atoms with E-state index in [9.17, 15) is 4.79 Å². The Morgan fingerprint density at radius 2 is 2.18 bits per heavy atom. The normalized spacial score (nSPS) is 18.6. The molecule has 1 aromatic carbocycles. The quantitative estimate of drug-likeness (QED) is 0.833. The first kappa shape index (κ1) is 12.2. The Kier molecular flexibility index (Phi) is 3.51. The molecule has 1 atom stereocenters. The molecule has 1 amide bonds. The molecular formula is C15H21NO. The summed E-state index contributed by atoms with van der Waals surface area (Å²) in [6, 6.07) is 4.52. The number of amides is 1. The summed E-state index contributed by atoms with van der Waals surface area (Å²) >= 11 is 0. The Labute approximate surface area is 103 Å². The third-order valence-corrected chi connectivity index (χ3v) is 3.78. The molecule has 1 aliphatic rings. The Balaban J connectivity index is 2.33. The van der Waals surface area contributed by atoms with Gasteiger partial charge in [-0.1, -0.05) is 17.7 Å². The first-order valence-electron chi connectivity index (χ1n) is 6.42. The molecule has 92 valence electrons. The van der Waals surface area contributed by atoms with E-state index in [1.807, 2.05) is 0 Å². The highest BCUT2D eigenvalue weighted by atomic mass is 16.1. The van der Waals surface area contributed by atoms with Gasteiger partial charge in [0.2, 0.25) is 5.91 Å². The van der Waals surface area contributed by atoms with Gasteiger partial charge in [0.25, 0.3) is 0 Å². The minimum absolute atomic E-state index is 0.155. The van der Waals surface area contributed by atoms with Gasteiger partial charge >= 0.3 is 0 Å². The van der Waals surface area contributed by atoms with E-state index in [1.165, 1.54) is 35.1 Å². The van der Waals surface area contributed by atoms with E-state index in [0.717, 1.165) is 6.42 Å². The smallest absolute Gasteiger partial charge is 0.220 e. The van der Waals surface area contributed by atoms with Crippen LogP contribution >= 0.6 is 0 Å². The predicted octanol–water partition coefficient (Wildman–Crippen LogP) is 2.86. The van der Waals surface area contributed by atoms with E-state index < -0.39 is 0 Å². The highest BCUT2D eigenvalue weighted by Gasteiger charge is 2.23. The number of nitrogens with one attached hydrogen (secondary N) is 1. The van der Waals surface area contributed by atoms with Gasteiger partial charge in [0.1, 0.15) is 0 Å². The lowest BCUT2D eigenvalue weighted by Gasteiger charge is -2.27. The van der Waals surface area contributed by atoms with Crippen molar-refractivity contribution in [1.29, 1.82) is 0 Å². The van der Waals surface area contributed by atoms with Crippen LogP contribution in [0, 0.1) is 13.8 Å². The lowest BCUT2D eigenvalue weighted by atomic mass is 9.78. The summed E-state index contributed by atoms with van der Waals surface area (Å²) in [5.41, 5.74) is 5.60. The lowest BCUT2D eigenvalue weighted by molar-refractivity contribution is -0.121. The number of hydrogen-bond acceptors (Lipinski definition) is 1. The Morgan fingerprint density at radius 1 is 1.41 bits per heavy atom. The van der Waals surface area contributed by atoms with Gasteiger partial charge < -0.3 is 5.32 Å². The number of rotatable bonds is 2. The van der Waals surface area contributed by atoms with E-state index in [4.69, 9.17) is 0 Å². The van der Waals surface area contributed by atoms with Crippen molar-refractivity contribution in [3.8, 4) is 0 Å². The number of carbonyl (C=O) groups excluding carboxylic acids is 1. The summed E-state index contributed by atoms with van der Waals surface area (Å²) in [5, 5.41) is 2.73. The highest BCUT2D eigenvalue weighted by Crippen LogP contribution is 2.36. The van der Waals surface area contributed by atoms with E-state index in [2.05, 4.69) is 31.3 Å². The van der Waals surface area contributed by atoms with Gasteiger partial charge in [-0.3, -0.25) is 4.79 Å². The zero-order chi connectivity index (χ0) is 12.4. The fourth-order valence-corrected chi connectivity index (χ4v) is 2.95. The van der Waals surface area contributed by atoms with Gasteiger partial charge in [0, 0.05) is 13.5 Å². The second kappa shape index (κ2) is 4.91. The zero-order valence-electron chi connectivity index (χ0n) is 11.0. The zero-order valence-corrected chi connectivity index (χ0v) is 11.0. The molecule has 1 aliphatic carbocycles. The van der Waals surface area contributed by atoms with Crippen LogP contribution in [0.1, 0.15) is 47.4 Å². The second-order valence-corrected chi connectivity index (χ2v) is 5.12. The van der Waals surface area contributed by atoms with E-state index in [0.29, 0.717) is 12.3 Å². The molecule has 2 rings (SSSR count). The number of benzene rings is 1. The molecule has 0 aromatic heterocycles. The molecule has 1 N–H and O–H groups in total. The molecule has 2 nitrogen and oxygen atoms in total. The van der Waals surface area contributed by atoms with Gasteiger partial charge in [0.15, 0.2) is 0 Å². The molecule has 0 saturated heterocycles. The molecule has 0 bridgehead atoms. The summed E-state index contributed by atoms with van der Waals surface area (Å²) in [6.07, 6.45) is 4.15. The van der Waals surface area contributed by atoms with Gasteiger partial charge in [-0.25, -0.2) is 0 Å². The van der Waals surface area contributed by atoms with Crippen LogP contribution in [0.5, 0.6) is 0 Å². The summed E-state index contributed by atoms with van der Waals surface area (Å²) < 4.78 is 0. The van der Waals surface area contributed by atoms with Crippen molar-refractivity contribution in [1.82, 2.24) is 5.32 Å². The average Bonchev–Trinajstić information content (AvgIpc) is 2.30. The van der Waals surface area contributed by atoms with Crippen LogP contribution in [-0.2, 0) is 11.2 Å². The maximum atomic E-state index is 11.5. The molecule has 0 saturated carbocycles. The number of fused-ring (bicyclic) bond motifs is 1. The molecular weight excluding hydrogens is 210 g/mol. The highest BCUT2D eigenvalue weighted by molar-refractivity contribution is 5.76. The predicted molar refractivity (Wildman–Crippen MR) is 70.3 cm³/mol. The number of carbonyl (C=O) groups is 1. The molecule has 2 heteroatoms. The van der Waals surface area contributed by atoms with Crippen LogP contribution in [0.15, 0.2) is 12.1 Å². The van der Waals surface area contributed by atoms with Crippen LogP contribution in [-0.4, -0.2) is 13.0 Å². The minimum atomic E-state index is 0.155. The SMILES string of the molecule is CNC(=O)CC1CCCc2c(C)cc(C)cc21. The maximum Gasteiger partial charge on any atom is 0.220 e. The first-order chi connectivity index (χ1) is 8.11. The lowest BCUT2D eigenvalue weighted by Crippen LogP contribution is -2.22. The molecule has 0 spiro atoms. The average molecular weight is 231 g/mol. The molecule has 0 fully saturated rings. The standard InChI is InChI=1S/C15H21NO/c1-10-7-11(2)13-6-4-5-12(14(13)8-10)9-15(17)16-3/h7-8,12H,4-6,9H2,1-3H3,(H,16,17). The Hall–Kier alpha value is -1.31. The van der Waals surface area contributed by atoms with E-state index >= 15 is 0 Å². The Morgan fingerprint density at radius 3 is 2.88 bits per heavy atom. The third-order valence-electron chi connectivity index (χ3n) is 3.78. The van der Waals surface area contributed by atoms with Crippen molar-refractivity contribution in [3.63, 3.8) is 0 Å². The van der Waals surface area contributed by atoms with Crippen molar-refractivity contribution >= 4 is 5.91 Å². The fraction of sp³-hybridized carbons (Fsp3) is 0.533. The molecule has 0 heterocycles. The van der Waals surface area contributed by atoms with Crippen LogP contribution < -0.4 is 5.32 Å². The van der Waals surface area contributed by atoms with E-state index in [-0.39, 0.29) is 5.91 Å². The molecule has 17 heavy (non-hydrogen) atoms. The van der Waals surface area contributed by atoms with Crippen LogP contribution in [0.25, 0.3) is 0 Å². The monoisotopic (exact) mass is 231 g/mol. The fourth-order valence-electron chi connectivity index (χ4n) is 2.95. The summed E-state index contributed by atoms with van der Waals surface area (Å²) in [4.78, 5) is 11.5. The van der Waals surface area contributed by atoms with Crippen molar-refractivity contribution < 1.29 is 4.79 Å². The van der Waals surface area contributed by atoms with Gasteiger partial charge in [-0.05, 0) is 55.7 Å². The van der Waals surface area contributed by atoms with Gasteiger partial charge in [0.05, 0.1) is 0 Å². The topological polar surface area (TPSA) is 29.1 Å². The summed E-state index contributed by atoms with van der Waals surface area (Å²) in [6.45, 7) is 4.33. The molecule has 1 aromatic rings. The second-order valence-electron chi connectivity index (χ2n) is 5.12.